The summed E-state index contributed by atoms with van der Waals surface area (Å²) in [6.07, 6.45) is -0.329. The highest BCUT2D eigenvalue weighted by Gasteiger charge is 2.43. The van der Waals surface area contributed by atoms with E-state index in [4.69, 9.17) is 8.98 Å². The number of alkyl halides is 2. The van der Waals surface area contributed by atoms with Crippen LogP contribution in [0.2, 0.25) is 19.1 Å². The molecule has 0 atom stereocenters. The Labute approximate surface area is 95.9 Å². The van der Waals surface area contributed by atoms with Crippen molar-refractivity contribution in [2.24, 2.45) is 0 Å². The molecule has 0 saturated heterocycles. The van der Waals surface area contributed by atoms with Crippen LogP contribution in [-0.2, 0) is 14.5 Å². The third kappa shape index (κ3) is 5.33. The predicted octanol–water partition coefficient (Wildman–Crippen LogP) is 2.49. The van der Waals surface area contributed by atoms with Crippen molar-refractivity contribution in [3.8, 4) is 0 Å². The lowest BCUT2D eigenvalue weighted by Crippen LogP contribution is -2.29. The first kappa shape index (κ1) is 15.9. The smallest absolute Gasteiger partial charge is 0.370 e. The molecule has 0 aliphatic heterocycles. The first-order valence-electron chi connectivity index (χ1n) is 4.92. The second-order valence-electron chi connectivity index (χ2n) is 4.28. The van der Waals surface area contributed by atoms with E-state index in [1.54, 1.807) is 7.11 Å². The van der Waals surface area contributed by atoms with Gasteiger partial charge in [-0.2, -0.15) is 17.2 Å². The van der Waals surface area contributed by atoms with E-state index in [-0.39, 0.29) is 6.42 Å². The second-order valence-corrected chi connectivity index (χ2v) is 10.3. The molecule has 0 aromatic heterocycles. The standard InChI is InChI=1S/C8H18F2O4SSi/c1-14-16(2,3)7-5-4-6-8(9,10)15(11,12)13/h4-7H2,1-3H3,(H,11,12,13). The van der Waals surface area contributed by atoms with Crippen LogP contribution in [0.3, 0.4) is 0 Å². The van der Waals surface area contributed by atoms with Gasteiger partial charge < -0.3 is 4.43 Å². The van der Waals surface area contributed by atoms with Gasteiger partial charge in [0.2, 0.25) is 0 Å². The van der Waals surface area contributed by atoms with Crippen LogP contribution in [0.25, 0.3) is 0 Å². The largest absolute Gasteiger partial charge is 0.420 e. The Hall–Kier alpha value is -0.0531. The average molecular weight is 276 g/mol. The molecule has 98 valence electrons. The number of rotatable bonds is 7. The van der Waals surface area contributed by atoms with E-state index in [9.17, 15) is 17.2 Å². The zero-order valence-corrected chi connectivity index (χ0v) is 11.5. The van der Waals surface area contributed by atoms with E-state index in [0.717, 1.165) is 0 Å². The van der Waals surface area contributed by atoms with Gasteiger partial charge in [0, 0.05) is 13.5 Å². The zero-order chi connectivity index (χ0) is 13.0. The minimum atomic E-state index is -5.28. The Morgan fingerprint density at radius 1 is 1.31 bits per heavy atom. The van der Waals surface area contributed by atoms with Crippen LogP contribution in [0.15, 0.2) is 0 Å². The van der Waals surface area contributed by atoms with Crippen molar-refractivity contribution in [1.82, 2.24) is 0 Å². The number of halogens is 2. The van der Waals surface area contributed by atoms with E-state index < -0.39 is 30.1 Å². The molecule has 0 aromatic rings. The summed E-state index contributed by atoms with van der Waals surface area (Å²) in [6.45, 7) is 3.90. The molecule has 0 unspecified atom stereocenters. The quantitative estimate of drug-likeness (QED) is 0.441. The predicted molar refractivity (Wildman–Crippen MR) is 59.6 cm³/mol. The Bertz CT molecular complexity index is 316. The molecular formula is C8H18F2O4SSi. The van der Waals surface area contributed by atoms with Crippen molar-refractivity contribution in [2.45, 2.75) is 43.7 Å². The van der Waals surface area contributed by atoms with E-state index in [0.29, 0.717) is 12.5 Å². The van der Waals surface area contributed by atoms with Gasteiger partial charge in [-0.15, -0.1) is 0 Å². The molecule has 16 heavy (non-hydrogen) atoms. The molecule has 0 radical (unpaired) electrons. The fourth-order valence-corrected chi connectivity index (χ4v) is 2.82. The Balaban J connectivity index is 4.02. The van der Waals surface area contributed by atoms with E-state index in [2.05, 4.69) is 0 Å². The van der Waals surface area contributed by atoms with Gasteiger partial charge in [-0.25, -0.2) is 0 Å². The van der Waals surface area contributed by atoms with Gasteiger partial charge in [-0.05, 0) is 25.6 Å². The van der Waals surface area contributed by atoms with Gasteiger partial charge >= 0.3 is 15.4 Å². The number of unbranched alkanes of at least 4 members (excludes halogenated alkanes) is 1. The van der Waals surface area contributed by atoms with Crippen LogP contribution in [-0.4, -0.2) is 33.7 Å². The van der Waals surface area contributed by atoms with Crippen molar-refractivity contribution < 1.29 is 26.2 Å². The minimum Gasteiger partial charge on any atom is -0.420 e. The Kier molecular flexibility index (Phi) is 5.50. The van der Waals surface area contributed by atoms with Crippen LogP contribution < -0.4 is 0 Å². The van der Waals surface area contributed by atoms with Gasteiger partial charge in [0.15, 0.2) is 8.32 Å². The van der Waals surface area contributed by atoms with Gasteiger partial charge in [-0.1, -0.05) is 6.42 Å². The van der Waals surface area contributed by atoms with Gasteiger partial charge in [-0.3, -0.25) is 4.55 Å². The second kappa shape index (κ2) is 5.52. The van der Waals surface area contributed by atoms with E-state index in [1.807, 2.05) is 13.1 Å². The highest BCUT2D eigenvalue weighted by Crippen LogP contribution is 2.28. The fourth-order valence-electron chi connectivity index (χ4n) is 1.11. The first-order valence-corrected chi connectivity index (χ1v) is 9.47. The Morgan fingerprint density at radius 3 is 2.19 bits per heavy atom. The summed E-state index contributed by atoms with van der Waals surface area (Å²) in [5, 5.41) is -4.04. The SMILES string of the molecule is CO[Si](C)(C)CCCCC(F)(F)S(=O)(=O)O. The minimum absolute atomic E-state index is 0.0482. The Morgan fingerprint density at radius 2 is 1.81 bits per heavy atom. The summed E-state index contributed by atoms with van der Waals surface area (Å²) in [5.41, 5.74) is 0. The number of hydrogen-bond acceptors (Lipinski definition) is 3. The molecule has 0 rings (SSSR count). The summed E-state index contributed by atoms with van der Waals surface area (Å²) in [6, 6.07) is 0.686. The molecule has 0 spiro atoms. The molecular weight excluding hydrogens is 258 g/mol. The molecule has 0 aliphatic rings. The van der Waals surface area contributed by atoms with Crippen LogP contribution in [0, 0.1) is 0 Å². The molecule has 1 N–H and O–H groups in total. The lowest BCUT2D eigenvalue weighted by atomic mass is 10.2. The van der Waals surface area contributed by atoms with E-state index in [1.165, 1.54) is 0 Å². The molecule has 0 heterocycles. The molecule has 0 fully saturated rings. The van der Waals surface area contributed by atoms with Gasteiger partial charge in [0.05, 0.1) is 0 Å². The zero-order valence-electron chi connectivity index (χ0n) is 9.66. The van der Waals surface area contributed by atoms with E-state index >= 15 is 0 Å². The topological polar surface area (TPSA) is 63.6 Å². The van der Waals surface area contributed by atoms with Crippen LogP contribution in [0.5, 0.6) is 0 Å². The summed E-state index contributed by atoms with van der Waals surface area (Å²) < 4.78 is 59.6. The van der Waals surface area contributed by atoms with Crippen LogP contribution in [0.4, 0.5) is 8.78 Å². The summed E-state index contributed by atoms with van der Waals surface area (Å²) in [7, 11) is -5.47. The maximum absolute atomic E-state index is 12.8. The molecule has 0 aliphatic carbocycles. The van der Waals surface area contributed by atoms with Crippen molar-refractivity contribution in [2.75, 3.05) is 7.11 Å². The van der Waals surface area contributed by atoms with Gasteiger partial charge in [0.25, 0.3) is 0 Å². The first-order chi connectivity index (χ1) is 7.02. The summed E-state index contributed by atoms with van der Waals surface area (Å²) >= 11 is 0. The highest BCUT2D eigenvalue weighted by molar-refractivity contribution is 7.86. The van der Waals surface area contributed by atoms with Crippen LogP contribution in [0.1, 0.15) is 19.3 Å². The fraction of sp³-hybridized carbons (Fsp3) is 1.00. The normalized spacial score (nSPS) is 14.1. The molecule has 0 amide bonds. The third-order valence-electron chi connectivity index (χ3n) is 2.43. The maximum Gasteiger partial charge on any atom is 0.370 e. The van der Waals surface area contributed by atoms with Crippen molar-refractivity contribution in [3.05, 3.63) is 0 Å². The average Bonchev–Trinajstić information content (AvgIpc) is 2.11. The highest BCUT2D eigenvalue weighted by atomic mass is 32.2. The lowest BCUT2D eigenvalue weighted by molar-refractivity contribution is 0.0688. The van der Waals surface area contributed by atoms with Crippen molar-refractivity contribution >= 4 is 18.4 Å². The molecule has 8 heteroatoms. The van der Waals surface area contributed by atoms with Crippen LogP contribution >= 0.6 is 0 Å². The number of hydrogen-bond donors (Lipinski definition) is 1. The summed E-state index contributed by atoms with van der Waals surface area (Å²) in [4.78, 5) is 0. The van der Waals surface area contributed by atoms with Crippen molar-refractivity contribution in [3.63, 3.8) is 0 Å². The molecule has 4 nitrogen and oxygen atoms in total. The van der Waals surface area contributed by atoms with Crippen molar-refractivity contribution in [1.29, 1.82) is 0 Å². The summed E-state index contributed by atoms with van der Waals surface area (Å²) in [5.74, 6) is 0. The van der Waals surface area contributed by atoms with Gasteiger partial charge in [0.1, 0.15) is 0 Å². The third-order valence-corrected chi connectivity index (χ3v) is 6.05. The maximum atomic E-state index is 12.8. The molecule has 0 bridgehead atoms. The lowest BCUT2D eigenvalue weighted by Gasteiger charge is -2.20. The molecule has 0 saturated carbocycles. The monoisotopic (exact) mass is 276 g/mol. The molecule has 0 aromatic carbocycles.